The summed E-state index contributed by atoms with van der Waals surface area (Å²) in [4.78, 5) is 21.6. The van der Waals surface area contributed by atoms with Crippen LogP contribution in [-0.4, -0.2) is 26.5 Å². The lowest BCUT2D eigenvalue weighted by molar-refractivity contribution is -0.127. The summed E-state index contributed by atoms with van der Waals surface area (Å²) in [5, 5.41) is 2.94. The number of hydrogen-bond donors (Lipinski definition) is 1. The zero-order valence-electron chi connectivity index (χ0n) is 18.9. The van der Waals surface area contributed by atoms with Crippen molar-refractivity contribution >= 4 is 16.9 Å². The van der Waals surface area contributed by atoms with Gasteiger partial charge >= 0.3 is 0 Å². The molecule has 0 aliphatic heterocycles. The van der Waals surface area contributed by atoms with Crippen LogP contribution in [-0.2, 0) is 11.3 Å². The molecule has 0 bridgehead atoms. The molecule has 0 aliphatic carbocycles. The zero-order chi connectivity index (χ0) is 22.7. The van der Waals surface area contributed by atoms with E-state index in [0.29, 0.717) is 12.5 Å². The van der Waals surface area contributed by atoms with Gasteiger partial charge in [-0.3, -0.25) is 9.36 Å². The number of hydrogen-bond acceptors (Lipinski definition) is 4. The van der Waals surface area contributed by atoms with E-state index in [1.807, 2.05) is 54.0 Å². The number of aromatic nitrogens is 3. The maximum absolute atomic E-state index is 12.6. The SMILES string of the molecule is Cc1ccc(C(C)C)c(OC(C)C(=O)NCc2ccc(-n3cnc4ccccc43)nc2)c1. The van der Waals surface area contributed by atoms with E-state index in [0.717, 1.165) is 39.3 Å². The van der Waals surface area contributed by atoms with E-state index in [9.17, 15) is 4.79 Å². The van der Waals surface area contributed by atoms with Crippen LogP contribution in [0.25, 0.3) is 16.9 Å². The van der Waals surface area contributed by atoms with E-state index in [4.69, 9.17) is 4.74 Å². The van der Waals surface area contributed by atoms with Crippen molar-refractivity contribution in [1.82, 2.24) is 19.9 Å². The number of fused-ring (bicyclic) bond motifs is 1. The van der Waals surface area contributed by atoms with Crippen LogP contribution in [0, 0.1) is 6.92 Å². The summed E-state index contributed by atoms with van der Waals surface area (Å²) in [5.41, 5.74) is 5.05. The summed E-state index contributed by atoms with van der Waals surface area (Å²) in [5.74, 6) is 1.70. The first-order chi connectivity index (χ1) is 15.4. The Kier molecular flexibility index (Phi) is 6.21. The number of nitrogens with zero attached hydrogens (tertiary/aromatic N) is 3. The lowest BCUT2D eigenvalue weighted by Gasteiger charge is -2.19. The average molecular weight is 429 g/mol. The summed E-state index contributed by atoms with van der Waals surface area (Å²) in [6, 6.07) is 17.9. The molecule has 0 spiro atoms. The number of nitrogens with one attached hydrogen (secondary N) is 1. The molecular formula is C26H28N4O2. The quantitative estimate of drug-likeness (QED) is 0.453. The van der Waals surface area contributed by atoms with Gasteiger partial charge in [-0.25, -0.2) is 9.97 Å². The Balaban J connectivity index is 1.38. The molecule has 1 atom stereocenters. The number of para-hydroxylation sites is 2. The van der Waals surface area contributed by atoms with Crippen molar-refractivity contribution in [2.75, 3.05) is 0 Å². The molecule has 2 heterocycles. The van der Waals surface area contributed by atoms with Crippen LogP contribution >= 0.6 is 0 Å². The van der Waals surface area contributed by atoms with E-state index in [1.54, 1.807) is 19.4 Å². The average Bonchev–Trinajstić information content (AvgIpc) is 3.22. The predicted octanol–water partition coefficient (Wildman–Crippen LogP) is 4.94. The second kappa shape index (κ2) is 9.22. The summed E-state index contributed by atoms with van der Waals surface area (Å²) in [6.45, 7) is 8.41. The number of carbonyl (C=O) groups is 1. The number of pyridine rings is 1. The number of aryl methyl sites for hydroxylation is 1. The van der Waals surface area contributed by atoms with Gasteiger partial charge < -0.3 is 10.1 Å². The van der Waals surface area contributed by atoms with Crippen molar-refractivity contribution in [1.29, 1.82) is 0 Å². The Bertz CT molecular complexity index is 1230. The van der Waals surface area contributed by atoms with Crippen LogP contribution in [0.4, 0.5) is 0 Å². The highest BCUT2D eigenvalue weighted by Crippen LogP contribution is 2.28. The van der Waals surface area contributed by atoms with Crippen LogP contribution in [0.1, 0.15) is 43.4 Å². The number of benzene rings is 2. The largest absolute Gasteiger partial charge is 0.481 e. The number of ether oxygens (including phenoxy) is 1. The molecule has 2 aromatic carbocycles. The smallest absolute Gasteiger partial charge is 0.261 e. The fourth-order valence-electron chi connectivity index (χ4n) is 3.60. The minimum atomic E-state index is -0.598. The second-order valence-electron chi connectivity index (χ2n) is 8.30. The highest BCUT2D eigenvalue weighted by atomic mass is 16.5. The van der Waals surface area contributed by atoms with Gasteiger partial charge in [-0.1, -0.05) is 44.2 Å². The van der Waals surface area contributed by atoms with Crippen molar-refractivity contribution in [3.8, 4) is 11.6 Å². The molecule has 0 aliphatic rings. The molecule has 1 unspecified atom stereocenters. The second-order valence-corrected chi connectivity index (χ2v) is 8.30. The molecule has 4 rings (SSSR count). The van der Waals surface area contributed by atoms with Gasteiger partial charge in [0.15, 0.2) is 6.10 Å². The first kappa shape index (κ1) is 21.6. The van der Waals surface area contributed by atoms with Crippen LogP contribution in [0.5, 0.6) is 5.75 Å². The number of imidazole rings is 1. The maximum atomic E-state index is 12.6. The van der Waals surface area contributed by atoms with E-state index < -0.39 is 6.10 Å². The van der Waals surface area contributed by atoms with Gasteiger partial charge in [0.2, 0.25) is 0 Å². The molecule has 0 radical (unpaired) electrons. The minimum absolute atomic E-state index is 0.161. The minimum Gasteiger partial charge on any atom is -0.481 e. The lowest BCUT2D eigenvalue weighted by Crippen LogP contribution is -2.36. The summed E-state index contributed by atoms with van der Waals surface area (Å²) >= 11 is 0. The standard InChI is InChI=1S/C26H28N4O2/c1-17(2)21-11-9-18(3)13-24(21)32-19(4)26(31)28-15-20-10-12-25(27-14-20)30-16-29-22-7-5-6-8-23(22)30/h5-14,16-17,19H,15H2,1-4H3,(H,28,31). The third kappa shape index (κ3) is 4.64. The van der Waals surface area contributed by atoms with Gasteiger partial charge in [0.05, 0.1) is 11.0 Å². The molecule has 0 saturated heterocycles. The molecule has 1 N–H and O–H groups in total. The monoisotopic (exact) mass is 428 g/mol. The first-order valence-corrected chi connectivity index (χ1v) is 10.8. The maximum Gasteiger partial charge on any atom is 0.261 e. The van der Waals surface area contributed by atoms with Gasteiger partial charge in [0.1, 0.15) is 17.9 Å². The molecule has 0 fully saturated rings. The summed E-state index contributed by atoms with van der Waals surface area (Å²) in [6.07, 6.45) is 2.94. The van der Waals surface area contributed by atoms with Crippen molar-refractivity contribution < 1.29 is 9.53 Å². The molecule has 164 valence electrons. The fraction of sp³-hybridized carbons (Fsp3) is 0.269. The van der Waals surface area contributed by atoms with Gasteiger partial charge in [-0.05, 0) is 60.7 Å². The number of carbonyl (C=O) groups excluding carboxylic acids is 1. The number of rotatable bonds is 7. The van der Waals surface area contributed by atoms with E-state index in [1.165, 1.54) is 0 Å². The van der Waals surface area contributed by atoms with Gasteiger partial charge in [-0.15, -0.1) is 0 Å². The Morgan fingerprint density at radius 1 is 1.06 bits per heavy atom. The molecule has 4 aromatic rings. The normalized spacial score (nSPS) is 12.2. The third-order valence-electron chi connectivity index (χ3n) is 5.44. The zero-order valence-corrected chi connectivity index (χ0v) is 18.9. The molecule has 32 heavy (non-hydrogen) atoms. The molecule has 2 aromatic heterocycles. The van der Waals surface area contributed by atoms with Crippen molar-refractivity contribution in [3.05, 3.63) is 83.8 Å². The molecule has 0 saturated carbocycles. The number of amides is 1. The Labute approximate surface area is 188 Å². The molecule has 6 heteroatoms. The third-order valence-corrected chi connectivity index (χ3v) is 5.44. The van der Waals surface area contributed by atoms with Crippen LogP contribution in [0.15, 0.2) is 67.1 Å². The summed E-state index contributed by atoms with van der Waals surface area (Å²) < 4.78 is 7.96. The van der Waals surface area contributed by atoms with Crippen molar-refractivity contribution in [3.63, 3.8) is 0 Å². The van der Waals surface area contributed by atoms with Crippen LogP contribution in [0.3, 0.4) is 0 Å². The topological polar surface area (TPSA) is 69.0 Å². The van der Waals surface area contributed by atoms with E-state index >= 15 is 0 Å². The molecule has 1 amide bonds. The fourth-order valence-corrected chi connectivity index (χ4v) is 3.60. The van der Waals surface area contributed by atoms with E-state index in [-0.39, 0.29) is 5.91 Å². The highest BCUT2D eigenvalue weighted by molar-refractivity contribution is 5.80. The lowest BCUT2D eigenvalue weighted by atomic mass is 10.0. The first-order valence-electron chi connectivity index (χ1n) is 10.8. The summed E-state index contributed by atoms with van der Waals surface area (Å²) in [7, 11) is 0. The van der Waals surface area contributed by atoms with Crippen LogP contribution < -0.4 is 10.1 Å². The highest BCUT2D eigenvalue weighted by Gasteiger charge is 2.17. The van der Waals surface area contributed by atoms with Crippen molar-refractivity contribution in [2.24, 2.45) is 0 Å². The molecule has 6 nitrogen and oxygen atoms in total. The van der Waals surface area contributed by atoms with Gasteiger partial charge in [0, 0.05) is 12.7 Å². The van der Waals surface area contributed by atoms with Gasteiger partial charge in [-0.2, -0.15) is 0 Å². The van der Waals surface area contributed by atoms with Gasteiger partial charge in [0.25, 0.3) is 5.91 Å². The Morgan fingerprint density at radius 2 is 1.88 bits per heavy atom. The van der Waals surface area contributed by atoms with E-state index in [2.05, 4.69) is 41.3 Å². The van der Waals surface area contributed by atoms with Crippen molar-refractivity contribution in [2.45, 2.75) is 46.3 Å². The molecular weight excluding hydrogens is 400 g/mol. The predicted molar refractivity (Wildman–Crippen MR) is 126 cm³/mol. The Hall–Kier alpha value is -3.67. The van der Waals surface area contributed by atoms with Crippen LogP contribution in [0.2, 0.25) is 0 Å². The Morgan fingerprint density at radius 3 is 2.62 bits per heavy atom.